The zero-order valence-electron chi connectivity index (χ0n) is 27.8. The molecule has 1 aliphatic heterocycles. The van der Waals surface area contributed by atoms with Crippen LogP contribution in [-0.4, -0.2) is 60.6 Å². The highest BCUT2D eigenvalue weighted by Gasteiger charge is 2.32. The molecule has 10 heteroatoms. The number of alkyl carbamates (subject to hydrolysis) is 1. The van der Waals surface area contributed by atoms with Gasteiger partial charge in [0.2, 0.25) is 5.91 Å². The standard InChI is InChI=1S/C37H45N3O7/c1-5-45-34(42)21-23-39-26-33(41)40(25-28-15-18-30(19-16-28)46-29-13-9-6-10-14-29)32-20-17-27(24-31(32)35(39)43)12-8-7-11-22-38-36(44)47-37(2,3)4/h6,9-10,13-20,24H,5,7-8,11-12,21-23,25-26H2,1-4H3,(H,38,44). The van der Waals surface area contributed by atoms with E-state index in [2.05, 4.69) is 5.32 Å². The average molecular weight is 644 g/mol. The van der Waals surface area contributed by atoms with Crippen LogP contribution in [0.2, 0.25) is 0 Å². The van der Waals surface area contributed by atoms with Crippen molar-refractivity contribution >= 4 is 29.6 Å². The van der Waals surface area contributed by atoms with Gasteiger partial charge in [0.25, 0.3) is 5.91 Å². The molecule has 0 spiro atoms. The van der Waals surface area contributed by atoms with Crippen LogP contribution in [0, 0.1) is 0 Å². The summed E-state index contributed by atoms with van der Waals surface area (Å²) in [4.78, 5) is 54.5. The molecule has 250 valence electrons. The number of nitrogens with zero attached hydrogens (tertiary/aromatic N) is 2. The van der Waals surface area contributed by atoms with Crippen LogP contribution in [-0.2, 0) is 32.0 Å². The molecule has 3 aromatic rings. The number of benzene rings is 3. The summed E-state index contributed by atoms with van der Waals surface area (Å²) in [7, 11) is 0. The first-order chi connectivity index (χ1) is 22.5. The molecule has 0 aromatic heterocycles. The molecule has 0 radical (unpaired) electrons. The molecule has 1 aliphatic rings. The number of nitrogens with one attached hydrogen (secondary N) is 1. The maximum atomic E-state index is 13.8. The van der Waals surface area contributed by atoms with Crippen molar-refractivity contribution in [1.82, 2.24) is 10.2 Å². The number of fused-ring (bicyclic) bond motifs is 1. The molecular formula is C37H45N3O7. The van der Waals surface area contributed by atoms with Gasteiger partial charge in [0.05, 0.1) is 30.8 Å². The van der Waals surface area contributed by atoms with Crippen LogP contribution in [0.5, 0.6) is 11.5 Å². The fourth-order valence-electron chi connectivity index (χ4n) is 5.19. The minimum Gasteiger partial charge on any atom is -0.466 e. The number of ether oxygens (including phenoxy) is 3. The number of anilines is 1. The smallest absolute Gasteiger partial charge is 0.407 e. The lowest BCUT2D eigenvalue weighted by atomic mass is 10.0. The number of carbonyl (C=O) groups is 4. The summed E-state index contributed by atoms with van der Waals surface area (Å²) in [5.41, 5.74) is 2.27. The molecule has 4 rings (SSSR count). The van der Waals surface area contributed by atoms with Gasteiger partial charge in [0.1, 0.15) is 23.6 Å². The molecule has 0 saturated heterocycles. The molecule has 0 fully saturated rings. The van der Waals surface area contributed by atoms with Crippen molar-refractivity contribution in [1.29, 1.82) is 0 Å². The number of amides is 3. The molecule has 0 atom stereocenters. The van der Waals surface area contributed by atoms with Gasteiger partial charge in [-0.3, -0.25) is 14.4 Å². The van der Waals surface area contributed by atoms with Gasteiger partial charge < -0.3 is 29.3 Å². The van der Waals surface area contributed by atoms with Gasteiger partial charge in [0.15, 0.2) is 0 Å². The summed E-state index contributed by atoms with van der Waals surface area (Å²) in [6.07, 6.45) is 2.83. The minimum atomic E-state index is -0.538. The highest BCUT2D eigenvalue weighted by atomic mass is 16.6. The van der Waals surface area contributed by atoms with Gasteiger partial charge in [0, 0.05) is 13.1 Å². The molecule has 0 saturated carbocycles. The maximum Gasteiger partial charge on any atom is 0.407 e. The SMILES string of the molecule is CCOC(=O)CCN1CC(=O)N(Cc2ccc(Oc3ccccc3)cc2)c2ccc(CCCCCNC(=O)OC(C)(C)C)cc2C1=O. The van der Waals surface area contributed by atoms with Crippen molar-refractivity contribution < 1.29 is 33.4 Å². The second kappa shape index (κ2) is 16.6. The average Bonchev–Trinajstić information content (AvgIpc) is 3.12. The fourth-order valence-corrected chi connectivity index (χ4v) is 5.19. The first-order valence-corrected chi connectivity index (χ1v) is 16.2. The Kier molecular flexibility index (Phi) is 12.4. The fraction of sp³-hybridized carbons (Fsp3) is 0.405. The van der Waals surface area contributed by atoms with E-state index in [-0.39, 0.29) is 44.5 Å². The van der Waals surface area contributed by atoms with Gasteiger partial charge in [-0.15, -0.1) is 0 Å². The van der Waals surface area contributed by atoms with Gasteiger partial charge >= 0.3 is 12.1 Å². The van der Waals surface area contributed by atoms with Gasteiger partial charge in [-0.1, -0.05) is 42.8 Å². The molecule has 3 aromatic carbocycles. The Balaban J connectivity index is 1.46. The Morgan fingerprint density at radius 3 is 2.28 bits per heavy atom. The van der Waals surface area contributed by atoms with Crippen molar-refractivity contribution in [3.63, 3.8) is 0 Å². The summed E-state index contributed by atoms with van der Waals surface area (Å²) in [6, 6.07) is 22.7. The van der Waals surface area contributed by atoms with Gasteiger partial charge in [-0.2, -0.15) is 0 Å². The summed E-state index contributed by atoms with van der Waals surface area (Å²) in [5.74, 6) is 0.451. The van der Waals surface area contributed by atoms with Crippen LogP contribution < -0.4 is 15.0 Å². The zero-order valence-corrected chi connectivity index (χ0v) is 27.8. The Labute approximate surface area is 277 Å². The Morgan fingerprint density at radius 1 is 0.872 bits per heavy atom. The van der Waals surface area contributed by atoms with E-state index < -0.39 is 17.7 Å². The maximum absolute atomic E-state index is 13.8. The predicted octanol–water partition coefficient (Wildman–Crippen LogP) is 6.66. The van der Waals surface area contributed by atoms with Crippen LogP contribution in [0.3, 0.4) is 0 Å². The van der Waals surface area contributed by atoms with Crippen molar-refractivity contribution in [2.24, 2.45) is 0 Å². The minimum absolute atomic E-state index is 0.00207. The number of rotatable bonds is 14. The molecule has 0 bridgehead atoms. The van der Waals surface area contributed by atoms with Crippen molar-refractivity contribution in [3.8, 4) is 11.5 Å². The van der Waals surface area contributed by atoms with Crippen LogP contribution in [0.25, 0.3) is 0 Å². The van der Waals surface area contributed by atoms with Crippen LogP contribution in [0.4, 0.5) is 10.5 Å². The lowest BCUT2D eigenvalue weighted by Gasteiger charge is -2.23. The summed E-state index contributed by atoms with van der Waals surface area (Å²) >= 11 is 0. The van der Waals surface area contributed by atoms with Crippen LogP contribution in [0.15, 0.2) is 72.8 Å². The lowest BCUT2D eigenvalue weighted by molar-refractivity contribution is -0.143. The normalized spacial score (nSPS) is 13.1. The number of para-hydroxylation sites is 1. The predicted molar refractivity (Wildman–Crippen MR) is 180 cm³/mol. The first-order valence-electron chi connectivity index (χ1n) is 16.2. The van der Waals surface area contributed by atoms with E-state index in [4.69, 9.17) is 14.2 Å². The van der Waals surface area contributed by atoms with Crippen molar-refractivity contribution in [2.45, 2.75) is 71.9 Å². The van der Waals surface area contributed by atoms with E-state index in [0.29, 0.717) is 23.5 Å². The van der Waals surface area contributed by atoms with Crippen LogP contribution in [0.1, 0.15) is 74.9 Å². The third-order valence-electron chi connectivity index (χ3n) is 7.44. The van der Waals surface area contributed by atoms with Gasteiger partial charge in [-0.25, -0.2) is 4.79 Å². The number of hydrogen-bond donors (Lipinski definition) is 1. The van der Waals surface area contributed by atoms with Crippen molar-refractivity contribution in [2.75, 3.05) is 31.1 Å². The summed E-state index contributed by atoms with van der Waals surface area (Å²) in [5, 5.41) is 2.78. The molecule has 1 N–H and O–H groups in total. The number of carbonyl (C=O) groups excluding carboxylic acids is 4. The van der Waals surface area contributed by atoms with Crippen LogP contribution >= 0.6 is 0 Å². The Bertz CT molecular complexity index is 1520. The molecule has 3 amide bonds. The van der Waals surface area contributed by atoms with Crippen molar-refractivity contribution in [3.05, 3.63) is 89.5 Å². The van der Waals surface area contributed by atoms with E-state index in [1.807, 2.05) is 93.6 Å². The Morgan fingerprint density at radius 2 is 1.57 bits per heavy atom. The quantitative estimate of drug-likeness (QED) is 0.154. The largest absolute Gasteiger partial charge is 0.466 e. The van der Waals surface area contributed by atoms with E-state index >= 15 is 0 Å². The molecule has 47 heavy (non-hydrogen) atoms. The molecule has 1 heterocycles. The number of unbranched alkanes of at least 4 members (excludes halogenated alkanes) is 2. The third-order valence-corrected chi connectivity index (χ3v) is 7.44. The number of esters is 1. The van der Waals surface area contributed by atoms with E-state index in [0.717, 1.165) is 42.6 Å². The van der Waals surface area contributed by atoms with E-state index in [1.54, 1.807) is 11.8 Å². The van der Waals surface area contributed by atoms with E-state index in [9.17, 15) is 19.2 Å². The summed E-state index contributed by atoms with van der Waals surface area (Å²) < 4.78 is 16.2. The van der Waals surface area contributed by atoms with E-state index in [1.165, 1.54) is 4.90 Å². The zero-order chi connectivity index (χ0) is 33.8. The first kappa shape index (κ1) is 35.0. The number of hydrogen-bond acceptors (Lipinski definition) is 7. The molecule has 0 unspecified atom stereocenters. The monoisotopic (exact) mass is 643 g/mol. The highest BCUT2D eigenvalue weighted by molar-refractivity contribution is 6.09. The summed E-state index contributed by atoms with van der Waals surface area (Å²) in [6.45, 7) is 8.16. The number of aryl methyl sites for hydroxylation is 1. The molecule has 10 nitrogen and oxygen atoms in total. The molecular weight excluding hydrogens is 598 g/mol. The second-order valence-corrected chi connectivity index (χ2v) is 12.4. The molecule has 0 aliphatic carbocycles. The second-order valence-electron chi connectivity index (χ2n) is 12.4. The topological polar surface area (TPSA) is 114 Å². The lowest BCUT2D eigenvalue weighted by Crippen LogP contribution is -2.40. The highest BCUT2D eigenvalue weighted by Crippen LogP contribution is 2.30. The Hall–Kier alpha value is -4.86. The van der Waals surface area contributed by atoms with Gasteiger partial charge in [-0.05, 0) is 94.5 Å². The third kappa shape index (κ3) is 10.9.